The van der Waals surface area contributed by atoms with Crippen molar-refractivity contribution in [3.8, 4) is 0 Å². The molecule has 0 radical (unpaired) electrons. The van der Waals surface area contributed by atoms with Crippen molar-refractivity contribution in [1.82, 2.24) is 15.1 Å². The van der Waals surface area contributed by atoms with Gasteiger partial charge >= 0.3 is 0 Å². The molecule has 0 saturated carbocycles. The Morgan fingerprint density at radius 2 is 2.19 bits per heavy atom. The number of nitrogens with one attached hydrogen (secondary N) is 1. The fraction of sp³-hybridized carbons (Fsp3) is 0.333. The van der Waals surface area contributed by atoms with E-state index in [9.17, 15) is 14.4 Å². The molecule has 3 N–H and O–H groups in total. The first kappa shape index (κ1) is 11.9. The molecule has 1 aromatic rings. The van der Waals surface area contributed by atoms with E-state index in [2.05, 4.69) is 10.4 Å². The molecule has 7 nitrogen and oxygen atoms in total. The third-order valence-corrected chi connectivity index (χ3v) is 1.79. The van der Waals surface area contributed by atoms with E-state index in [-0.39, 0.29) is 18.1 Å². The van der Waals surface area contributed by atoms with Crippen LogP contribution in [0.4, 0.5) is 0 Å². The first-order valence-corrected chi connectivity index (χ1v) is 4.69. The largest absolute Gasteiger partial charge is 0.364 e. The normalized spacial score (nSPS) is 9.81. The summed E-state index contributed by atoms with van der Waals surface area (Å²) in [5.74, 6) is -1.09. The summed E-state index contributed by atoms with van der Waals surface area (Å²) < 4.78 is 0.894. The van der Waals surface area contributed by atoms with Gasteiger partial charge < -0.3 is 11.1 Å². The van der Waals surface area contributed by atoms with E-state index in [0.717, 1.165) is 10.7 Å². The Labute approximate surface area is 91.2 Å². The molecule has 0 aliphatic rings. The summed E-state index contributed by atoms with van der Waals surface area (Å²) in [6.07, 6.45) is 0. The number of nitrogens with zero attached hydrogens (tertiary/aromatic N) is 2. The van der Waals surface area contributed by atoms with Gasteiger partial charge in [0.05, 0.1) is 0 Å². The van der Waals surface area contributed by atoms with Crippen molar-refractivity contribution in [3.05, 3.63) is 28.2 Å². The number of hydrogen-bond donors (Lipinski definition) is 2. The third kappa shape index (κ3) is 2.91. The van der Waals surface area contributed by atoms with Crippen LogP contribution in [-0.4, -0.2) is 28.1 Å². The van der Waals surface area contributed by atoms with Crippen molar-refractivity contribution in [2.24, 2.45) is 5.73 Å². The van der Waals surface area contributed by atoms with E-state index in [1.165, 1.54) is 6.07 Å². The summed E-state index contributed by atoms with van der Waals surface area (Å²) in [7, 11) is 0. The molecule has 1 rings (SSSR count). The van der Waals surface area contributed by atoms with Crippen LogP contribution < -0.4 is 16.6 Å². The van der Waals surface area contributed by atoms with Crippen LogP contribution in [0, 0.1) is 0 Å². The molecule has 1 aromatic heterocycles. The molecule has 16 heavy (non-hydrogen) atoms. The molecule has 0 atom stereocenters. The lowest BCUT2D eigenvalue weighted by Crippen LogP contribution is -2.34. The summed E-state index contributed by atoms with van der Waals surface area (Å²) in [5, 5.41) is 6.18. The van der Waals surface area contributed by atoms with E-state index in [0.29, 0.717) is 6.54 Å². The number of likely N-dealkylation sites (N-methyl/N-ethyl adjacent to an activating group) is 1. The molecule has 0 saturated heterocycles. The van der Waals surface area contributed by atoms with E-state index < -0.39 is 11.5 Å². The molecule has 1 heterocycles. The number of nitrogens with two attached hydrogens (primary N) is 1. The first-order valence-electron chi connectivity index (χ1n) is 4.69. The molecule has 2 amide bonds. The van der Waals surface area contributed by atoms with Gasteiger partial charge in [-0.2, -0.15) is 5.10 Å². The number of rotatable bonds is 4. The summed E-state index contributed by atoms with van der Waals surface area (Å²) in [6, 6.07) is 2.37. The van der Waals surface area contributed by atoms with E-state index in [1.54, 1.807) is 6.92 Å². The molecule has 7 heteroatoms. The maximum Gasteiger partial charge on any atom is 0.269 e. The van der Waals surface area contributed by atoms with Crippen molar-refractivity contribution in [3.63, 3.8) is 0 Å². The zero-order valence-corrected chi connectivity index (χ0v) is 8.77. The quantitative estimate of drug-likeness (QED) is 0.647. The highest BCUT2D eigenvalue weighted by molar-refractivity contribution is 5.90. The van der Waals surface area contributed by atoms with Crippen LogP contribution in [0.2, 0.25) is 0 Å². The third-order valence-electron chi connectivity index (χ3n) is 1.79. The predicted molar refractivity (Wildman–Crippen MR) is 55.7 cm³/mol. The smallest absolute Gasteiger partial charge is 0.269 e. The number of hydrogen-bond acceptors (Lipinski definition) is 4. The highest BCUT2D eigenvalue weighted by Crippen LogP contribution is 1.88. The molecule has 0 aromatic carbocycles. The summed E-state index contributed by atoms with van der Waals surface area (Å²) in [5.41, 5.74) is 4.49. The van der Waals surface area contributed by atoms with Crippen LogP contribution in [0.5, 0.6) is 0 Å². The van der Waals surface area contributed by atoms with Gasteiger partial charge in [0.1, 0.15) is 12.2 Å². The average Bonchev–Trinajstić information content (AvgIpc) is 2.21. The van der Waals surface area contributed by atoms with Gasteiger partial charge in [0.15, 0.2) is 0 Å². The van der Waals surface area contributed by atoms with Gasteiger partial charge in [0.25, 0.3) is 11.5 Å². The van der Waals surface area contributed by atoms with Crippen molar-refractivity contribution in [2.45, 2.75) is 13.5 Å². The second kappa shape index (κ2) is 5.06. The SMILES string of the molecule is CCNC(=O)Cn1nc(C(N)=O)ccc1=O. The predicted octanol–water partition coefficient (Wildman–Crippen LogP) is -1.52. The zero-order valence-electron chi connectivity index (χ0n) is 8.77. The number of aromatic nitrogens is 2. The molecule has 0 unspecified atom stereocenters. The van der Waals surface area contributed by atoms with E-state index >= 15 is 0 Å². The maximum absolute atomic E-state index is 11.3. The first-order chi connectivity index (χ1) is 7.54. The Morgan fingerprint density at radius 1 is 1.50 bits per heavy atom. The average molecular weight is 224 g/mol. The van der Waals surface area contributed by atoms with Crippen LogP contribution in [0.15, 0.2) is 16.9 Å². The molecular formula is C9H12N4O3. The number of amides is 2. The number of carbonyl (C=O) groups is 2. The summed E-state index contributed by atoms with van der Waals surface area (Å²) in [6.45, 7) is 1.99. The summed E-state index contributed by atoms with van der Waals surface area (Å²) >= 11 is 0. The van der Waals surface area contributed by atoms with Crippen LogP contribution in [0.1, 0.15) is 17.4 Å². The molecule has 0 aliphatic carbocycles. The molecular weight excluding hydrogens is 212 g/mol. The van der Waals surface area contributed by atoms with Gasteiger partial charge in [0, 0.05) is 12.6 Å². The Balaban J connectivity index is 2.94. The maximum atomic E-state index is 11.3. The minimum Gasteiger partial charge on any atom is -0.364 e. The van der Waals surface area contributed by atoms with Gasteiger partial charge in [-0.05, 0) is 13.0 Å². The van der Waals surface area contributed by atoms with Crippen LogP contribution in [0.3, 0.4) is 0 Å². The van der Waals surface area contributed by atoms with Crippen molar-refractivity contribution < 1.29 is 9.59 Å². The van der Waals surface area contributed by atoms with Crippen molar-refractivity contribution in [1.29, 1.82) is 0 Å². The topological polar surface area (TPSA) is 107 Å². The Morgan fingerprint density at radius 3 is 2.75 bits per heavy atom. The highest BCUT2D eigenvalue weighted by Gasteiger charge is 2.08. The molecule has 0 fully saturated rings. The number of primary amides is 1. The van der Waals surface area contributed by atoms with Crippen molar-refractivity contribution in [2.75, 3.05) is 6.54 Å². The van der Waals surface area contributed by atoms with Gasteiger partial charge in [0.2, 0.25) is 5.91 Å². The second-order valence-corrected chi connectivity index (χ2v) is 3.03. The lowest BCUT2D eigenvalue weighted by Gasteiger charge is -2.05. The fourth-order valence-corrected chi connectivity index (χ4v) is 1.08. The molecule has 0 bridgehead atoms. The van der Waals surface area contributed by atoms with Gasteiger partial charge in [-0.25, -0.2) is 4.68 Å². The number of carbonyl (C=O) groups excluding carboxylic acids is 2. The second-order valence-electron chi connectivity index (χ2n) is 3.03. The highest BCUT2D eigenvalue weighted by atomic mass is 16.2. The van der Waals surface area contributed by atoms with Crippen LogP contribution in [0.25, 0.3) is 0 Å². The van der Waals surface area contributed by atoms with E-state index in [4.69, 9.17) is 5.73 Å². The Kier molecular flexibility index (Phi) is 3.76. The lowest BCUT2D eigenvalue weighted by atomic mass is 10.4. The van der Waals surface area contributed by atoms with E-state index in [1.807, 2.05) is 0 Å². The van der Waals surface area contributed by atoms with Gasteiger partial charge in [-0.15, -0.1) is 0 Å². The molecule has 0 spiro atoms. The van der Waals surface area contributed by atoms with Gasteiger partial charge in [-0.1, -0.05) is 0 Å². The summed E-state index contributed by atoms with van der Waals surface area (Å²) in [4.78, 5) is 33.3. The van der Waals surface area contributed by atoms with Crippen LogP contribution in [-0.2, 0) is 11.3 Å². The van der Waals surface area contributed by atoms with Crippen molar-refractivity contribution >= 4 is 11.8 Å². The minimum atomic E-state index is -0.746. The zero-order chi connectivity index (χ0) is 12.1. The molecule has 86 valence electrons. The monoisotopic (exact) mass is 224 g/mol. The fourth-order valence-electron chi connectivity index (χ4n) is 1.08. The lowest BCUT2D eigenvalue weighted by molar-refractivity contribution is -0.121. The molecule has 0 aliphatic heterocycles. The van der Waals surface area contributed by atoms with Crippen LogP contribution >= 0.6 is 0 Å². The Hall–Kier alpha value is -2.18. The standard InChI is InChI=1S/C9H12N4O3/c1-2-11-7(14)5-13-8(15)4-3-6(12-13)9(10)16/h3-4H,2,5H2,1H3,(H2,10,16)(H,11,14). The van der Waals surface area contributed by atoms with Gasteiger partial charge in [-0.3, -0.25) is 14.4 Å². The Bertz CT molecular complexity index is 466. The minimum absolute atomic E-state index is 0.0519.